The van der Waals surface area contributed by atoms with Gasteiger partial charge in [-0.2, -0.15) is 0 Å². The number of aromatic hydroxyl groups is 1. The lowest BCUT2D eigenvalue weighted by Crippen LogP contribution is -2.43. The first-order valence-electron chi connectivity index (χ1n) is 8.60. The molecule has 1 saturated carbocycles. The van der Waals surface area contributed by atoms with Crippen LogP contribution >= 0.6 is 9.03 Å². The Kier molecular flexibility index (Phi) is 4.76. The molecule has 1 aliphatic heterocycles. The Balaban J connectivity index is 1.47. The summed E-state index contributed by atoms with van der Waals surface area (Å²) in [5.74, 6) is -2.75. The topological polar surface area (TPSA) is 143 Å². The molecule has 4 N–H and O–H groups in total. The number of nitrogens with one attached hydrogen (secondary N) is 1. The molecule has 28 heavy (non-hydrogen) atoms. The minimum Gasteiger partial charge on any atom is -0.502 e. The van der Waals surface area contributed by atoms with Gasteiger partial charge in [0.15, 0.2) is 5.75 Å². The maximum absolute atomic E-state index is 12.1. The smallest absolute Gasteiger partial charge is 0.330 e. The van der Waals surface area contributed by atoms with Gasteiger partial charge in [-0.15, -0.1) is 0 Å². The molecule has 3 unspecified atom stereocenters. The molecule has 4 rings (SSSR count). The van der Waals surface area contributed by atoms with E-state index in [4.69, 9.17) is 13.8 Å². The van der Waals surface area contributed by atoms with Crippen molar-refractivity contribution in [3.8, 4) is 11.5 Å². The van der Waals surface area contributed by atoms with Crippen LogP contribution in [0.2, 0.25) is 0 Å². The van der Waals surface area contributed by atoms with Crippen molar-refractivity contribution in [2.75, 3.05) is 0 Å². The zero-order valence-electron chi connectivity index (χ0n) is 14.6. The number of nitrogens with zero attached hydrogens (tertiary/aromatic N) is 1. The molecule has 2 heterocycles. The molecule has 2 fully saturated rings. The SMILES string of the molecule is O=c1[nH]c(=O)n(C2OC(C(O)(O)OPOc3ccccc3)CC23CC3)cc1O. The molecule has 11 heteroatoms. The molecule has 0 bridgehead atoms. The summed E-state index contributed by atoms with van der Waals surface area (Å²) in [4.78, 5) is 25.5. The second-order valence-corrected chi connectivity index (χ2v) is 7.56. The number of rotatable bonds is 6. The fourth-order valence-corrected chi connectivity index (χ4v) is 3.87. The molecule has 1 aromatic heterocycles. The predicted molar refractivity (Wildman–Crippen MR) is 96.8 cm³/mol. The lowest BCUT2D eigenvalue weighted by Gasteiger charge is -2.27. The maximum Gasteiger partial charge on any atom is 0.330 e. The number of hydrogen-bond acceptors (Lipinski definition) is 8. The molecule has 150 valence electrons. The molecule has 2 aromatic rings. The number of H-pyrrole nitrogens is 1. The van der Waals surface area contributed by atoms with Gasteiger partial charge in [-0.25, -0.2) is 4.79 Å². The Bertz CT molecular complexity index is 969. The van der Waals surface area contributed by atoms with Crippen LogP contribution in [0.25, 0.3) is 0 Å². The van der Waals surface area contributed by atoms with Crippen LogP contribution in [0, 0.1) is 5.41 Å². The Morgan fingerprint density at radius 1 is 1.25 bits per heavy atom. The summed E-state index contributed by atoms with van der Waals surface area (Å²) in [6.07, 6.45) is 0.596. The summed E-state index contributed by atoms with van der Waals surface area (Å²) in [6, 6.07) is 8.75. The van der Waals surface area contributed by atoms with Crippen LogP contribution in [-0.4, -0.2) is 36.9 Å². The van der Waals surface area contributed by atoms with E-state index >= 15 is 0 Å². The van der Waals surface area contributed by atoms with Crippen molar-refractivity contribution in [1.29, 1.82) is 0 Å². The van der Waals surface area contributed by atoms with E-state index < -0.39 is 49.8 Å². The molecular weight excluding hydrogens is 391 g/mol. The average molecular weight is 410 g/mol. The van der Waals surface area contributed by atoms with Gasteiger partial charge in [-0.3, -0.25) is 18.9 Å². The number of para-hydroxylation sites is 1. The highest BCUT2D eigenvalue weighted by atomic mass is 31.1. The monoisotopic (exact) mass is 410 g/mol. The van der Waals surface area contributed by atoms with Crippen molar-refractivity contribution in [1.82, 2.24) is 9.55 Å². The molecule has 0 amide bonds. The standard InChI is InChI=1S/C17H19N2O8P/c20-11-9-19(15(22)18-13(11)21)14-16(6-7-16)8-12(25-14)17(23,24)27-28-26-10-4-2-1-3-5-10/h1-5,9,12,14,20,23-24,28H,6-8H2,(H,18,21,22). The van der Waals surface area contributed by atoms with E-state index in [1.54, 1.807) is 24.3 Å². The molecule has 1 spiro atoms. The van der Waals surface area contributed by atoms with E-state index in [1.165, 1.54) is 0 Å². The van der Waals surface area contributed by atoms with E-state index in [0.717, 1.165) is 10.8 Å². The van der Waals surface area contributed by atoms with Gasteiger partial charge in [0.1, 0.15) is 18.1 Å². The van der Waals surface area contributed by atoms with Crippen molar-refractivity contribution in [2.45, 2.75) is 37.6 Å². The van der Waals surface area contributed by atoms with Crippen LogP contribution in [0.4, 0.5) is 0 Å². The van der Waals surface area contributed by atoms with Crippen LogP contribution in [0.5, 0.6) is 11.5 Å². The zero-order chi connectivity index (χ0) is 19.9. The molecule has 3 atom stereocenters. The second-order valence-electron chi connectivity index (χ2n) is 6.98. The van der Waals surface area contributed by atoms with Gasteiger partial charge in [0, 0.05) is 5.41 Å². The summed E-state index contributed by atoms with van der Waals surface area (Å²) in [5, 5.41) is 30.3. The molecular formula is C17H19N2O8P. The van der Waals surface area contributed by atoms with Gasteiger partial charge in [-0.1, -0.05) is 18.2 Å². The van der Waals surface area contributed by atoms with Crippen molar-refractivity contribution in [2.24, 2.45) is 5.41 Å². The van der Waals surface area contributed by atoms with E-state index in [1.807, 2.05) is 11.1 Å². The van der Waals surface area contributed by atoms with Crippen molar-refractivity contribution < 1.29 is 29.1 Å². The molecule has 1 aliphatic carbocycles. The average Bonchev–Trinajstić information content (AvgIpc) is 3.32. The van der Waals surface area contributed by atoms with E-state index in [9.17, 15) is 24.9 Å². The van der Waals surface area contributed by atoms with Gasteiger partial charge in [0.05, 0.1) is 6.20 Å². The van der Waals surface area contributed by atoms with Crippen molar-refractivity contribution in [3.63, 3.8) is 0 Å². The highest BCUT2D eigenvalue weighted by Gasteiger charge is 2.62. The van der Waals surface area contributed by atoms with Crippen LogP contribution < -0.4 is 15.8 Å². The zero-order valence-corrected chi connectivity index (χ0v) is 15.6. The summed E-state index contributed by atoms with van der Waals surface area (Å²) >= 11 is 0. The fourth-order valence-electron chi connectivity index (χ4n) is 3.35. The van der Waals surface area contributed by atoms with Gasteiger partial charge in [-0.05, 0) is 31.4 Å². The van der Waals surface area contributed by atoms with E-state index in [0.29, 0.717) is 18.6 Å². The molecule has 10 nitrogen and oxygen atoms in total. The number of aliphatic hydroxyl groups is 2. The Morgan fingerprint density at radius 2 is 1.96 bits per heavy atom. The Morgan fingerprint density at radius 3 is 2.64 bits per heavy atom. The summed E-state index contributed by atoms with van der Waals surface area (Å²) < 4.78 is 17.2. The number of ether oxygens (including phenoxy) is 1. The van der Waals surface area contributed by atoms with Gasteiger partial charge < -0.3 is 24.6 Å². The first-order chi connectivity index (χ1) is 13.3. The van der Waals surface area contributed by atoms with Gasteiger partial charge in [0.2, 0.25) is 9.03 Å². The Labute approximate surface area is 160 Å². The van der Waals surface area contributed by atoms with Crippen LogP contribution in [0.3, 0.4) is 0 Å². The molecule has 2 aliphatic rings. The van der Waals surface area contributed by atoms with Crippen molar-refractivity contribution >= 4 is 9.03 Å². The van der Waals surface area contributed by atoms with Gasteiger partial charge in [0.25, 0.3) is 5.56 Å². The number of aromatic nitrogens is 2. The maximum atomic E-state index is 12.1. The second kappa shape index (κ2) is 6.98. The van der Waals surface area contributed by atoms with E-state index in [2.05, 4.69) is 0 Å². The third-order valence-electron chi connectivity index (χ3n) is 5.02. The third-order valence-corrected chi connectivity index (χ3v) is 5.72. The highest BCUT2D eigenvalue weighted by molar-refractivity contribution is 7.26. The summed E-state index contributed by atoms with van der Waals surface area (Å²) in [6.45, 7) is 0. The van der Waals surface area contributed by atoms with Crippen LogP contribution in [0.1, 0.15) is 25.5 Å². The minimum atomic E-state index is -2.63. The summed E-state index contributed by atoms with van der Waals surface area (Å²) in [7, 11) is -0.693. The normalized spacial score (nSPS) is 23.5. The largest absolute Gasteiger partial charge is 0.502 e. The van der Waals surface area contributed by atoms with Gasteiger partial charge >= 0.3 is 11.7 Å². The van der Waals surface area contributed by atoms with Crippen LogP contribution in [0.15, 0.2) is 46.1 Å². The number of aromatic amines is 1. The summed E-state index contributed by atoms with van der Waals surface area (Å²) in [5.41, 5.74) is -2.15. The molecule has 1 saturated heterocycles. The third kappa shape index (κ3) is 3.57. The number of benzene rings is 1. The van der Waals surface area contributed by atoms with E-state index in [-0.39, 0.29) is 6.42 Å². The quantitative estimate of drug-likeness (QED) is 0.399. The first-order valence-corrected chi connectivity index (χ1v) is 9.42. The van der Waals surface area contributed by atoms with Crippen LogP contribution in [-0.2, 0) is 9.26 Å². The molecule has 0 radical (unpaired) electrons. The fraction of sp³-hybridized carbons (Fsp3) is 0.412. The molecule has 1 aromatic carbocycles. The minimum absolute atomic E-state index is 0.229. The lowest BCUT2D eigenvalue weighted by atomic mass is 9.99. The van der Waals surface area contributed by atoms with Crippen molar-refractivity contribution in [3.05, 3.63) is 57.4 Å². The number of hydrogen-bond donors (Lipinski definition) is 4. The first kappa shape index (κ1) is 19.1. The highest BCUT2D eigenvalue weighted by Crippen LogP contribution is 2.63. The predicted octanol–water partition coefficient (Wildman–Crippen LogP) is 0.552. The Hall–Kier alpha value is -2.23. The lowest BCUT2D eigenvalue weighted by molar-refractivity contribution is -0.341.